The number of rotatable bonds is 5. The first kappa shape index (κ1) is 12.2. The van der Waals surface area contributed by atoms with Gasteiger partial charge in [-0.25, -0.2) is 4.79 Å². The third-order valence-corrected chi connectivity index (χ3v) is 2.00. The molecule has 5 nitrogen and oxygen atoms in total. The van der Waals surface area contributed by atoms with Crippen LogP contribution in [0.5, 0.6) is 0 Å². The third-order valence-electron chi connectivity index (χ3n) is 2.00. The summed E-state index contributed by atoms with van der Waals surface area (Å²) in [5, 5.41) is 10.8. The molecule has 1 rings (SSSR count). The van der Waals surface area contributed by atoms with E-state index in [-0.39, 0.29) is 6.61 Å². The van der Waals surface area contributed by atoms with Crippen molar-refractivity contribution in [2.45, 2.75) is 19.4 Å². The Balaban J connectivity index is 2.84. The number of ether oxygens (including phenoxy) is 1. The quantitative estimate of drug-likeness (QED) is 0.434. The van der Waals surface area contributed by atoms with Crippen LogP contribution in [-0.4, -0.2) is 17.5 Å². The minimum absolute atomic E-state index is 0.204. The van der Waals surface area contributed by atoms with Crippen molar-refractivity contribution < 1.29 is 14.5 Å². The lowest BCUT2D eigenvalue weighted by Gasteiger charge is -2.08. The highest BCUT2D eigenvalue weighted by atomic mass is 16.6. The van der Waals surface area contributed by atoms with Crippen molar-refractivity contribution in [2.75, 3.05) is 6.61 Å². The maximum Gasteiger partial charge on any atom is 0.386 e. The van der Waals surface area contributed by atoms with Crippen molar-refractivity contribution in [3.8, 4) is 0 Å². The van der Waals surface area contributed by atoms with Gasteiger partial charge in [0, 0.05) is 10.5 Å². The van der Waals surface area contributed by atoms with Gasteiger partial charge in [-0.15, -0.1) is 0 Å². The molecule has 1 aromatic carbocycles. The lowest BCUT2D eigenvalue weighted by Crippen LogP contribution is -2.23. The van der Waals surface area contributed by atoms with E-state index in [0.29, 0.717) is 12.0 Å². The number of hydrogen-bond acceptors (Lipinski definition) is 4. The zero-order valence-electron chi connectivity index (χ0n) is 8.96. The molecule has 0 aromatic heterocycles. The average molecular weight is 223 g/mol. The second-order valence-electron chi connectivity index (χ2n) is 3.27. The summed E-state index contributed by atoms with van der Waals surface area (Å²) < 4.78 is 4.79. The molecule has 86 valence electrons. The van der Waals surface area contributed by atoms with Crippen molar-refractivity contribution in [3.05, 3.63) is 46.0 Å². The summed E-state index contributed by atoms with van der Waals surface area (Å²) in [6, 6.07) is 6.70. The second-order valence-corrected chi connectivity index (χ2v) is 3.27. The maximum absolute atomic E-state index is 11.5. The van der Waals surface area contributed by atoms with Crippen LogP contribution in [0.2, 0.25) is 0 Å². The Labute approximate surface area is 93.2 Å². The molecule has 0 amide bonds. The SMILES string of the molecule is CCCOC(=O)C(c1ccccc1)[N+](=O)[O-]. The van der Waals surface area contributed by atoms with Crippen LogP contribution in [0.1, 0.15) is 24.9 Å². The minimum atomic E-state index is -1.42. The molecule has 5 heteroatoms. The van der Waals surface area contributed by atoms with E-state index >= 15 is 0 Å². The Bertz CT molecular complexity index is 364. The zero-order valence-corrected chi connectivity index (χ0v) is 8.96. The van der Waals surface area contributed by atoms with E-state index in [2.05, 4.69) is 0 Å². The van der Waals surface area contributed by atoms with E-state index in [9.17, 15) is 14.9 Å². The Kier molecular flexibility index (Phi) is 4.44. The molecule has 1 aromatic rings. The van der Waals surface area contributed by atoms with Crippen LogP contribution in [0.25, 0.3) is 0 Å². The highest BCUT2D eigenvalue weighted by Crippen LogP contribution is 2.17. The number of benzene rings is 1. The lowest BCUT2D eigenvalue weighted by atomic mass is 10.1. The molecule has 0 radical (unpaired) electrons. The molecular weight excluding hydrogens is 210 g/mol. The summed E-state index contributed by atoms with van der Waals surface area (Å²) in [6.45, 7) is 2.03. The van der Waals surface area contributed by atoms with Crippen molar-refractivity contribution in [1.82, 2.24) is 0 Å². The highest BCUT2D eigenvalue weighted by Gasteiger charge is 2.33. The van der Waals surface area contributed by atoms with Crippen LogP contribution in [-0.2, 0) is 9.53 Å². The molecule has 0 fully saturated rings. The lowest BCUT2D eigenvalue weighted by molar-refractivity contribution is -0.516. The van der Waals surface area contributed by atoms with Crippen LogP contribution in [0, 0.1) is 10.1 Å². The predicted molar refractivity (Wildman–Crippen MR) is 57.4 cm³/mol. The van der Waals surface area contributed by atoms with E-state index in [1.165, 1.54) is 0 Å². The molecule has 1 unspecified atom stereocenters. The van der Waals surface area contributed by atoms with E-state index in [4.69, 9.17) is 4.74 Å². The Morgan fingerprint density at radius 2 is 2.06 bits per heavy atom. The van der Waals surface area contributed by atoms with Gasteiger partial charge in [0.15, 0.2) is 0 Å². The molecule has 0 bridgehead atoms. The first-order valence-electron chi connectivity index (χ1n) is 5.02. The number of hydrogen-bond donors (Lipinski definition) is 0. The highest BCUT2D eigenvalue weighted by molar-refractivity contribution is 5.76. The summed E-state index contributed by atoms with van der Waals surface area (Å²) in [5.41, 5.74) is 0.341. The third kappa shape index (κ3) is 3.05. The zero-order chi connectivity index (χ0) is 12.0. The molecule has 1 atom stereocenters. The number of nitro groups is 1. The molecular formula is C11H13NO4. The molecule has 0 aliphatic heterocycles. The van der Waals surface area contributed by atoms with E-state index in [1.807, 2.05) is 6.92 Å². The molecule has 0 aliphatic carbocycles. The topological polar surface area (TPSA) is 69.4 Å². The minimum Gasteiger partial charge on any atom is -0.460 e. The van der Waals surface area contributed by atoms with Crippen molar-refractivity contribution in [3.63, 3.8) is 0 Å². The van der Waals surface area contributed by atoms with Gasteiger partial charge >= 0.3 is 12.0 Å². The number of carbonyl (C=O) groups is 1. The first-order valence-corrected chi connectivity index (χ1v) is 5.02. The van der Waals surface area contributed by atoms with Crippen LogP contribution in [0.15, 0.2) is 30.3 Å². The molecule has 0 saturated heterocycles. The van der Waals surface area contributed by atoms with Gasteiger partial charge in [0.05, 0.1) is 6.61 Å². The summed E-state index contributed by atoms with van der Waals surface area (Å²) in [7, 11) is 0. The van der Waals surface area contributed by atoms with Crippen molar-refractivity contribution >= 4 is 5.97 Å². The Hall–Kier alpha value is -1.91. The standard InChI is InChI=1S/C11H13NO4/c1-2-8-16-11(13)10(12(14)15)9-6-4-3-5-7-9/h3-7,10H,2,8H2,1H3. The van der Waals surface area contributed by atoms with Gasteiger partial charge in [-0.05, 0) is 6.42 Å². The van der Waals surface area contributed by atoms with E-state index < -0.39 is 16.9 Å². The van der Waals surface area contributed by atoms with E-state index in [0.717, 1.165) is 0 Å². The summed E-state index contributed by atoms with van der Waals surface area (Å²) in [6.07, 6.45) is 0.644. The number of carbonyl (C=O) groups excluding carboxylic acids is 1. The normalized spacial score (nSPS) is 11.8. The van der Waals surface area contributed by atoms with Gasteiger partial charge in [0.2, 0.25) is 0 Å². The monoisotopic (exact) mass is 223 g/mol. The van der Waals surface area contributed by atoms with Gasteiger partial charge in [-0.1, -0.05) is 37.3 Å². The fourth-order valence-corrected chi connectivity index (χ4v) is 1.26. The van der Waals surface area contributed by atoms with E-state index in [1.54, 1.807) is 30.3 Å². The van der Waals surface area contributed by atoms with Crippen LogP contribution in [0.4, 0.5) is 0 Å². The molecule has 0 saturated carbocycles. The van der Waals surface area contributed by atoms with Gasteiger partial charge in [-0.3, -0.25) is 10.1 Å². The number of nitrogens with zero attached hydrogens (tertiary/aromatic N) is 1. The predicted octanol–water partition coefficient (Wildman–Crippen LogP) is 1.96. The van der Waals surface area contributed by atoms with Gasteiger partial charge in [0.1, 0.15) is 0 Å². The fraction of sp³-hybridized carbons (Fsp3) is 0.364. The van der Waals surface area contributed by atoms with Crippen molar-refractivity contribution in [1.29, 1.82) is 0 Å². The Morgan fingerprint density at radius 3 is 2.56 bits per heavy atom. The smallest absolute Gasteiger partial charge is 0.386 e. The second kappa shape index (κ2) is 5.85. The molecule has 16 heavy (non-hydrogen) atoms. The fourth-order valence-electron chi connectivity index (χ4n) is 1.26. The number of esters is 1. The molecule has 0 spiro atoms. The molecule has 0 N–H and O–H groups in total. The van der Waals surface area contributed by atoms with Gasteiger partial charge < -0.3 is 4.74 Å². The molecule has 0 heterocycles. The largest absolute Gasteiger partial charge is 0.460 e. The summed E-state index contributed by atoms with van der Waals surface area (Å²) in [4.78, 5) is 21.7. The van der Waals surface area contributed by atoms with Crippen LogP contribution >= 0.6 is 0 Å². The van der Waals surface area contributed by atoms with Crippen molar-refractivity contribution in [2.24, 2.45) is 0 Å². The Morgan fingerprint density at radius 1 is 1.44 bits per heavy atom. The summed E-state index contributed by atoms with van der Waals surface area (Å²) in [5.74, 6) is -0.807. The van der Waals surface area contributed by atoms with Gasteiger partial charge in [0.25, 0.3) is 0 Å². The summed E-state index contributed by atoms with van der Waals surface area (Å²) >= 11 is 0. The first-order chi connectivity index (χ1) is 7.66. The van der Waals surface area contributed by atoms with Gasteiger partial charge in [-0.2, -0.15) is 0 Å². The average Bonchev–Trinajstić information content (AvgIpc) is 2.27. The van der Waals surface area contributed by atoms with Crippen LogP contribution < -0.4 is 0 Å². The molecule has 0 aliphatic rings. The maximum atomic E-state index is 11.5. The van der Waals surface area contributed by atoms with Crippen LogP contribution in [0.3, 0.4) is 0 Å².